The van der Waals surface area contributed by atoms with E-state index >= 15 is 0 Å². The van der Waals surface area contributed by atoms with Gasteiger partial charge in [0.25, 0.3) is 0 Å². The zero-order chi connectivity index (χ0) is 39.5. The Morgan fingerprint density at radius 1 is 0.731 bits per heavy atom. The monoisotopic (exact) mass is 734 g/mol. The van der Waals surface area contributed by atoms with Crippen LogP contribution in [0.15, 0.2) is 35.3 Å². The van der Waals surface area contributed by atoms with Crippen LogP contribution in [0.2, 0.25) is 0 Å². The highest BCUT2D eigenvalue weighted by Crippen LogP contribution is 2.08. The van der Waals surface area contributed by atoms with Crippen LogP contribution in [-0.2, 0) is 44.8 Å². The maximum atomic E-state index is 13.5. The summed E-state index contributed by atoms with van der Waals surface area (Å²) >= 11 is 0. The van der Waals surface area contributed by atoms with Gasteiger partial charge < -0.3 is 59.3 Å². The molecule has 0 saturated heterocycles. The topological polar surface area (TPSA) is 340 Å². The molecule has 0 fully saturated rings. The number of guanidine groups is 1. The average Bonchev–Trinajstić information content (AvgIpc) is 3.06. The number of aliphatic carboxylic acids is 2. The number of amides is 6. The third-order valence-corrected chi connectivity index (χ3v) is 7.40. The molecule has 0 saturated carbocycles. The molecule has 0 heterocycles. The van der Waals surface area contributed by atoms with Gasteiger partial charge in [0.1, 0.15) is 30.2 Å². The zero-order valence-corrected chi connectivity index (χ0v) is 29.5. The number of nitrogens with zero attached hydrogens (tertiary/aromatic N) is 1. The second-order valence-corrected chi connectivity index (χ2v) is 12.3. The predicted molar refractivity (Wildman–Crippen MR) is 187 cm³/mol. The lowest BCUT2D eigenvalue weighted by atomic mass is 10.0. The van der Waals surface area contributed by atoms with Gasteiger partial charge in [0.05, 0.1) is 19.0 Å². The number of nitrogens with one attached hydrogen (secondary N) is 6. The van der Waals surface area contributed by atoms with E-state index in [1.165, 1.54) is 13.8 Å². The third kappa shape index (κ3) is 16.7. The van der Waals surface area contributed by atoms with Crippen molar-refractivity contribution in [1.29, 1.82) is 0 Å². The summed E-state index contributed by atoms with van der Waals surface area (Å²) in [6, 6.07) is 1.08. The van der Waals surface area contributed by atoms with Gasteiger partial charge in [0.2, 0.25) is 35.4 Å². The molecule has 1 aromatic carbocycles. The Bertz CT molecular complexity index is 1450. The lowest BCUT2D eigenvalue weighted by Gasteiger charge is -2.26. The first kappa shape index (κ1) is 44.2. The van der Waals surface area contributed by atoms with E-state index in [2.05, 4.69) is 36.9 Å². The fraction of sp³-hybridized carbons (Fsp3) is 0.531. The molecular weight excluding hydrogens is 684 g/mol. The maximum Gasteiger partial charge on any atom is 0.325 e. The van der Waals surface area contributed by atoms with Crippen molar-refractivity contribution in [2.24, 2.45) is 28.1 Å². The van der Waals surface area contributed by atoms with Gasteiger partial charge in [-0.3, -0.25) is 43.3 Å². The van der Waals surface area contributed by atoms with Gasteiger partial charge in [-0.05, 0) is 38.2 Å². The van der Waals surface area contributed by atoms with Crippen molar-refractivity contribution >= 4 is 53.3 Å². The summed E-state index contributed by atoms with van der Waals surface area (Å²) in [4.78, 5) is 104. The molecule has 0 aliphatic rings. The van der Waals surface area contributed by atoms with E-state index in [4.69, 9.17) is 22.3 Å². The quantitative estimate of drug-likeness (QED) is 0.0312. The van der Waals surface area contributed by atoms with E-state index in [0.29, 0.717) is 12.0 Å². The van der Waals surface area contributed by atoms with Crippen LogP contribution in [0.3, 0.4) is 0 Å². The van der Waals surface area contributed by atoms with Crippen LogP contribution in [0.1, 0.15) is 52.5 Å². The Morgan fingerprint density at radius 2 is 1.33 bits per heavy atom. The van der Waals surface area contributed by atoms with E-state index in [1.807, 2.05) is 0 Å². The molecule has 20 nitrogen and oxygen atoms in total. The Labute approximate surface area is 300 Å². The summed E-state index contributed by atoms with van der Waals surface area (Å²) in [5.41, 5.74) is 17.0. The first-order valence-corrected chi connectivity index (χ1v) is 16.4. The molecule has 0 aliphatic carbocycles. The highest BCUT2D eigenvalue weighted by Gasteiger charge is 2.31. The fourth-order valence-corrected chi connectivity index (χ4v) is 4.46. The highest BCUT2D eigenvalue weighted by atomic mass is 16.4. The number of carboxylic acid groups (broad SMARTS) is 2. The molecule has 1 rings (SSSR count). The Kier molecular flexibility index (Phi) is 18.8. The van der Waals surface area contributed by atoms with Crippen LogP contribution < -0.4 is 49.1 Å². The minimum absolute atomic E-state index is 0.0102. The Hall–Kier alpha value is -5.79. The molecule has 0 aromatic heterocycles. The summed E-state index contributed by atoms with van der Waals surface area (Å²) in [6.45, 7) is 5.31. The second kappa shape index (κ2) is 22.1. The van der Waals surface area contributed by atoms with Crippen LogP contribution in [0.4, 0.5) is 0 Å². The number of carbonyl (C=O) groups is 8. The van der Waals surface area contributed by atoms with E-state index in [0.717, 1.165) is 0 Å². The van der Waals surface area contributed by atoms with E-state index in [-0.39, 0.29) is 25.3 Å². The lowest BCUT2D eigenvalue weighted by molar-refractivity contribution is -0.142. The number of aliphatic imine (C=N–C) groups is 1. The number of carboxylic acids is 2. The van der Waals surface area contributed by atoms with Crippen LogP contribution >= 0.6 is 0 Å². The summed E-state index contributed by atoms with van der Waals surface area (Å²) in [5.74, 6) is -8.32. The zero-order valence-electron chi connectivity index (χ0n) is 29.5. The van der Waals surface area contributed by atoms with Gasteiger partial charge in [0.15, 0.2) is 5.96 Å². The van der Waals surface area contributed by atoms with E-state index in [9.17, 15) is 43.5 Å². The van der Waals surface area contributed by atoms with Crippen LogP contribution in [0.25, 0.3) is 0 Å². The lowest BCUT2D eigenvalue weighted by Crippen LogP contribution is -2.59. The number of benzene rings is 1. The summed E-state index contributed by atoms with van der Waals surface area (Å²) in [7, 11) is 0. The number of carbonyl (C=O) groups excluding carboxylic acids is 6. The number of rotatable bonds is 22. The van der Waals surface area contributed by atoms with Gasteiger partial charge in [-0.2, -0.15) is 0 Å². The minimum Gasteiger partial charge on any atom is -0.481 e. The first-order valence-electron chi connectivity index (χ1n) is 16.4. The molecule has 0 bridgehead atoms. The molecule has 0 spiro atoms. The van der Waals surface area contributed by atoms with Crippen molar-refractivity contribution in [2.75, 3.05) is 13.1 Å². The van der Waals surface area contributed by atoms with Crippen molar-refractivity contribution < 1.29 is 48.6 Å². The van der Waals surface area contributed by atoms with Crippen molar-refractivity contribution in [1.82, 2.24) is 31.9 Å². The molecule has 0 radical (unpaired) electrons. The first-order chi connectivity index (χ1) is 24.3. The molecule has 14 N–H and O–H groups in total. The van der Waals surface area contributed by atoms with Crippen molar-refractivity contribution in [3.8, 4) is 0 Å². The van der Waals surface area contributed by atoms with Crippen LogP contribution in [-0.4, -0.2) is 113 Å². The standard InChI is InChI=1S/C32H50N10O10/c1-16(2)25(42-23(43)15-37-28(48)22(14-24(44)45)40-27(47)20(33)11-8-12-36-32(34)35)30(50)41-21(13-19-9-6-5-7-10-19)29(49)38-17(3)26(46)39-18(4)31(51)52/h5-7,9-10,16-18,20-22,25H,8,11-15,33H2,1-4H3,(H,37,48)(H,38,49)(H,39,46)(H,40,47)(H,41,50)(H,42,43)(H,44,45)(H,51,52)(H4,34,35,36)/t17-,18-,20-,21-,22-,25-/m0/s1. The molecular formula is C32H50N10O10. The molecule has 288 valence electrons. The average molecular weight is 735 g/mol. The molecule has 52 heavy (non-hydrogen) atoms. The molecule has 0 aliphatic heterocycles. The van der Waals surface area contributed by atoms with Crippen LogP contribution in [0, 0.1) is 5.92 Å². The minimum atomic E-state index is -1.58. The fourth-order valence-electron chi connectivity index (χ4n) is 4.46. The second-order valence-electron chi connectivity index (χ2n) is 12.3. The Morgan fingerprint density at radius 3 is 1.88 bits per heavy atom. The van der Waals surface area contributed by atoms with E-state index in [1.54, 1.807) is 44.2 Å². The SMILES string of the molecule is CC(C)[C@H](NC(=O)CNC(=O)[C@H](CC(=O)O)NC(=O)[C@@H](N)CCCN=C(N)N)C(=O)N[C@@H](Cc1ccccc1)C(=O)N[C@@H](C)C(=O)N[C@@H](C)C(=O)O. The smallest absolute Gasteiger partial charge is 0.325 e. The highest BCUT2D eigenvalue weighted by molar-refractivity contribution is 5.96. The predicted octanol–water partition coefficient (Wildman–Crippen LogP) is -3.59. The van der Waals surface area contributed by atoms with Gasteiger partial charge in [-0.1, -0.05) is 44.2 Å². The molecule has 0 unspecified atom stereocenters. The van der Waals surface area contributed by atoms with Gasteiger partial charge in [-0.25, -0.2) is 0 Å². The number of hydrogen-bond donors (Lipinski definition) is 11. The summed E-state index contributed by atoms with van der Waals surface area (Å²) in [5, 5.41) is 32.6. The van der Waals surface area contributed by atoms with Crippen molar-refractivity contribution in [3.63, 3.8) is 0 Å². The van der Waals surface area contributed by atoms with E-state index < -0.39 is 103 Å². The summed E-state index contributed by atoms with van der Waals surface area (Å²) < 4.78 is 0. The number of nitrogens with two attached hydrogens (primary N) is 3. The number of hydrogen-bond acceptors (Lipinski definition) is 10. The maximum absolute atomic E-state index is 13.5. The van der Waals surface area contributed by atoms with Gasteiger partial charge in [-0.15, -0.1) is 0 Å². The summed E-state index contributed by atoms with van der Waals surface area (Å²) in [6.07, 6.45) is -0.376. The molecule has 1 aromatic rings. The Balaban J connectivity index is 2.97. The van der Waals surface area contributed by atoms with Crippen molar-refractivity contribution in [2.45, 2.75) is 89.6 Å². The third-order valence-electron chi connectivity index (χ3n) is 7.40. The van der Waals surface area contributed by atoms with Crippen molar-refractivity contribution in [3.05, 3.63) is 35.9 Å². The van der Waals surface area contributed by atoms with Gasteiger partial charge >= 0.3 is 11.9 Å². The normalized spacial score (nSPS) is 14.2. The molecule has 20 heteroatoms. The molecule has 6 amide bonds. The van der Waals surface area contributed by atoms with Gasteiger partial charge in [0, 0.05) is 13.0 Å². The molecule has 6 atom stereocenters. The largest absolute Gasteiger partial charge is 0.481 e. The van der Waals surface area contributed by atoms with Crippen LogP contribution in [0.5, 0.6) is 0 Å².